The summed E-state index contributed by atoms with van der Waals surface area (Å²) >= 11 is 0. The zero-order valence-electron chi connectivity index (χ0n) is 5.53. The fourth-order valence-corrected chi connectivity index (χ4v) is 0.665. The molecule has 1 aromatic rings. The molecule has 1 rings (SSSR count). The molecule has 1 atom stereocenters. The molecule has 0 amide bonds. The highest BCUT2D eigenvalue weighted by atomic mass is 16.3. The van der Waals surface area contributed by atoms with E-state index in [1.807, 2.05) is 0 Å². The van der Waals surface area contributed by atoms with Crippen LogP contribution >= 0.6 is 0 Å². The molecule has 0 fully saturated rings. The summed E-state index contributed by atoms with van der Waals surface area (Å²) in [6, 6.07) is 5.26. The van der Waals surface area contributed by atoms with E-state index in [2.05, 4.69) is 11.6 Å². The normalized spacial score (nSPS) is 12.5. The fraction of sp³-hybridized carbons (Fsp3) is 0.125. The molecule has 0 saturated carbocycles. The molecule has 51 valence electrons. The second kappa shape index (κ2) is 3.13. The van der Waals surface area contributed by atoms with Crippen molar-refractivity contribution < 1.29 is 5.11 Å². The minimum Gasteiger partial charge on any atom is -0.258 e. The van der Waals surface area contributed by atoms with Gasteiger partial charge in [-0.2, -0.15) is 0 Å². The second-order valence-electron chi connectivity index (χ2n) is 1.91. The summed E-state index contributed by atoms with van der Waals surface area (Å²) in [5.74, 6) is 0. The van der Waals surface area contributed by atoms with E-state index in [4.69, 9.17) is 0 Å². The third-order valence-corrected chi connectivity index (χ3v) is 1.19. The predicted molar refractivity (Wildman–Crippen MR) is 37.9 cm³/mol. The summed E-state index contributed by atoms with van der Waals surface area (Å²) in [6.07, 6.45) is 2.05. The molecule has 0 aliphatic rings. The van der Waals surface area contributed by atoms with Crippen molar-refractivity contribution in [2.24, 2.45) is 0 Å². The smallest absolute Gasteiger partial charge is 0.153 e. The highest BCUT2D eigenvalue weighted by Gasteiger charge is 2.02. The monoisotopic (exact) mass is 134 g/mol. The Morgan fingerprint density at radius 1 is 1.60 bits per heavy atom. The van der Waals surface area contributed by atoms with E-state index >= 15 is 0 Å². The van der Waals surface area contributed by atoms with Gasteiger partial charge in [-0.15, -0.1) is 0 Å². The fourth-order valence-electron chi connectivity index (χ4n) is 0.665. The topological polar surface area (TPSA) is 32.8 Å². The van der Waals surface area contributed by atoms with Crippen molar-refractivity contribution in [2.75, 3.05) is 0 Å². The van der Waals surface area contributed by atoms with Gasteiger partial charge in [0.05, 0.1) is 5.69 Å². The first-order chi connectivity index (χ1) is 4.84. The van der Waals surface area contributed by atoms with Gasteiger partial charge in [-0.25, -0.2) is 5.11 Å². The van der Waals surface area contributed by atoms with Crippen molar-refractivity contribution in [1.29, 1.82) is 0 Å². The standard InChI is InChI=1S/C8H8NO/c1-2-8(10)7-5-3-4-6-9-7/h2-6,8H,1H2. The quantitative estimate of drug-likeness (QED) is 0.567. The second-order valence-corrected chi connectivity index (χ2v) is 1.91. The number of hydrogen-bond donors (Lipinski definition) is 0. The summed E-state index contributed by atoms with van der Waals surface area (Å²) in [4.78, 5) is 3.87. The molecule has 1 aromatic heterocycles. The van der Waals surface area contributed by atoms with Gasteiger partial charge in [-0.3, -0.25) is 4.98 Å². The van der Waals surface area contributed by atoms with Crippen LogP contribution in [0.4, 0.5) is 0 Å². The van der Waals surface area contributed by atoms with Gasteiger partial charge in [-0.05, 0) is 12.1 Å². The lowest BCUT2D eigenvalue weighted by atomic mass is 10.2. The van der Waals surface area contributed by atoms with Crippen molar-refractivity contribution in [1.82, 2.24) is 4.98 Å². The van der Waals surface area contributed by atoms with E-state index in [0.29, 0.717) is 5.69 Å². The van der Waals surface area contributed by atoms with E-state index in [9.17, 15) is 5.11 Å². The summed E-state index contributed by atoms with van der Waals surface area (Å²) in [6.45, 7) is 3.38. The van der Waals surface area contributed by atoms with Crippen molar-refractivity contribution >= 4 is 0 Å². The van der Waals surface area contributed by atoms with Crippen LogP contribution in [0.2, 0.25) is 0 Å². The Morgan fingerprint density at radius 3 is 2.90 bits per heavy atom. The van der Waals surface area contributed by atoms with Crippen molar-refractivity contribution in [3.05, 3.63) is 42.7 Å². The Labute approximate surface area is 59.9 Å². The SMILES string of the molecule is C=CC([O])c1ccccn1. The van der Waals surface area contributed by atoms with E-state index in [1.165, 1.54) is 6.08 Å². The third kappa shape index (κ3) is 1.42. The van der Waals surface area contributed by atoms with Gasteiger partial charge < -0.3 is 0 Å². The summed E-state index contributed by atoms with van der Waals surface area (Å²) < 4.78 is 0. The molecule has 0 saturated heterocycles. The van der Waals surface area contributed by atoms with Crippen LogP contribution in [0.25, 0.3) is 0 Å². The largest absolute Gasteiger partial charge is 0.258 e. The number of hydrogen-bond acceptors (Lipinski definition) is 1. The lowest BCUT2D eigenvalue weighted by Gasteiger charge is -1.98. The van der Waals surface area contributed by atoms with Gasteiger partial charge in [0.1, 0.15) is 0 Å². The molecule has 0 aliphatic heterocycles. The van der Waals surface area contributed by atoms with Crippen molar-refractivity contribution in [3.8, 4) is 0 Å². The number of rotatable bonds is 2. The molecule has 0 N–H and O–H groups in total. The summed E-state index contributed by atoms with van der Waals surface area (Å²) in [5.41, 5.74) is 0.525. The van der Waals surface area contributed by atoms with Crippen LogP contribution in [0, 0.1) is 0 Å². The summed E-state index contributed by atoms with van der Waals surface area (Å²) in [7, 11) is 0. The van der Waals surface area contributed by atoms with Crippen LogP contribution in [0.15, 0.2) is 37.1 Å². The molecule has 1 radical (unpaired) electrons. The minimum absolute atomic E-state index is 0.525. The van der Waals surface area contributed by atoms with Crippen molar-refractivity contribution in [2.45, 2.75) is 6.10 Å². The highest BCUT2D eigenvalue weighted by Crippen LogP contribution is 2.08. The first kappa shape index (κ1) is 6.96. The number of nitrogens with zero attached hydrogens (tertiary/aromatic N) is 1. The first-order valence-electron chi connectivity index (χ1n) is 3.04. The van der Waals surface area contributed by atoms with Crippen molar-refractivity contribution in [3.63, 3.8) is 0 Å². The minimum atomic E-state index is -0.888. The van der Waals surface area contributed by atoms with Gasteiger partial charge >= 0.3 is 0 Å². The van der Waals surface area contributed by atoms with Crippen LogP contribution in [-0.2, 0) is 5.11 Å². The average Bonchev–Trinajstić information content (AvgIpc) is 2.05. The van der Waals surface area contributed by atoms with Crippen LogP contribution in [0.5, 0.6) is 0 Å². The molecular weight excluding hydrogens is 126 g/mol. The van der Waals surface area contributed by atoms with E-state index in [1.54, 1.807) is 24.4 Å². The molecular formula is C8H8NO. The lowest BCUT2D eigenvalue weighted by Crippen LogP contribution is -1.92. The molecule has 0 aromatic carbocycles. The molecule has 10 heavy (non-hydrogen) atoms. The Morgan fingerprint density at radius 2 is 2.40 bits per heavy atom. The van der Waals surface area contributed by atoms with Crippen LogP contribution in [0.1, 0.15) is 11.8 Å². The lowest BCUT2D eigenvalue weighted by molar-refractivity contribution is 0.128. The molecule has 1 unspecified atom stereocenters. The Bertz CT molecular complexity index is 208. The number of aromatic nitrogens is 1. The molecule has 0 aliphatic carbocycles. The highest BCUT2D eigenvalue weighted by molar-refractivity contribution is 5.10. The zero-order chi connectivity index (χ0) is 7.40. The van der Waals surface area contributed by atoms with Crippen LogP contribution in [-0.4, -0.2) is 4.98 Å². The van der Waals surface area contributed by atoms with Gasteiger partial charge in [0.25, 0.3) is 0 Å². The Kier molecular flexibility index (Phi) is 2.18. The maximum absolute atomic E-state index is 10.9. The molecule has 0 spiro atoms. The van der Waals surface area contributed by atoms with Gasteiger partial charge in [0, 0.05) is 6.20 Å². The Hall–Kier alpha value is -1.15. The van der Waals surface area contributed by atoms with Gasteiger partial charge in [0.2, 0.25) is 0 Å². The van der Waals surface area contributed by atoms with E-state index < -0.39 is 6.10 Å². The molecule has 2 heteroatoms. The van der Waals surface area contributed by atoms with Crippen LogP contribution in [0.3, 0.4) is 0 Å². The number of pyridine rings is 1. The predicted octanol–water partition coefficient (Wildman–Crippen LogP) is 1.74. The molecule has 0 bridgehead atoms. The third-order valence-electron chi connectivity index (χ3n) is 1.19. The maximum Gasteiger partial charge on any atom is 0.153 e. The van der Waals surface area contributed by atoms with Gasteiger partial charge in [-0.1, -0.05) is 18.7 Å². The first-order valence-corrected chi connectivity index (χ1v) is 3.04. The Balaban J connectivity index is 2.84. The van der Waals surface area contributed by atoms with E-state index in [0.717, 1.165) is 0 Å². The maximum atomic E-state index is 10.9. The van der Waals surface area contributed by atoms with Gasteiger partial charge in [0.15, 0.2) is 6.10 Å². The summed E-state index contributed by atoms with van der Waals surface area (Å²) in [5, 5.41) is 10.9. The zero-order valence-corrected chi connectivity index (χ0v) is 5.53. The van der Waals surface area contributed by atoms with Crippen LogP contribution < -0.4 is 0 Å². The average molecular weight is 134 g/mol. The molecule has 2 nitrogen and oxygen atoms in total. The van der Waals surface area contributed by atoms with E-state index in [-0.39, 0.29) is 0 Å². The molecule has 1 heterocycles.